The van der Waals surface area contributed by atoms with Crippen LogP contribution in [0.2, 0.25) is 0 Å². The van der Waals surface area contributed by atoms with Gasteiger partial charge < -0.3 is 4.90 Å². The van der Waals surface area contributed by atoms with Crippen LogP contribution >= 0.6 is 0 Å². The van der Waals surface area contributed by atoms with Gasteiger partial charge in [0.1, 0.15) is 0 Å². The van der Waals surface area contributed by atoms with Gasteiger partial charge in [-0.15, -0.1) is 0 Å². The molecule has 0 fully saturated rings. The zero-order chi connectivity index (χ0) is 19.1. The molecule has 0 saturated carbocycles. The van der Waals surface area contributed by atoms with E-state index in [0.29, 0.717) is 17.9 Å². The van der Waals surface area contributed by atoms with Gasteiger partial charge in [-0.3, -0.25) is 14.7 Å². The highest BCUT2D eigenvalue weighted by atomic mass is 16.2. The molecule has 6 nitrogen and oxygen atoms in total. The minimum absolute atomic E-state index is 0.0697. The van der Waals surface area contributed by atoms with E-state index in [0.717, 1.165) is 40.7 Å². The normalized spacial score (nSPS) is 14.2. The van der Waals surface area contributed by atoms with Crippen LogP contribution in [0.3, 0.4) is 0 Å². The van der Waals surface area contributed by atoms with Gasteiger partial charge in [-0.05, 0) is 36.8 Å². The predicted octanol–water partition coefficient (Wildman–Crippen LogP) is 3.66. The summed E-state index contributed by atoms with van der Waals surface area (Å²) < 4.78 is 0. The van der Waals surface area contributed by atoms with Crippen LogP contribution in [0.1, 0.15) is 16.8 Å². The third-order valence-corrected chi connectivity index (χ3v) is 5.15. The number of amides is 1. The van der Waals surface area contributed by atoms with Crippen LogP contribution < -0.4 is 9.80 Å². The minimum atomic E-state index is -0.0697. The zero-order valence-electron chi connectivity index (χ0n) is 15.5. The van der Waals surface area contributed by atoms with Crippen molar-refractivity contribution < 1.29 is 4.79 Å². The molecule has 1 aliphatic heterocycles. The smallest absolute Gasteiger partial charge is 0.260 e. The van der Waals surface area contributed by atoms with Crippen LogP contribution in [0, 0.1) is 0 Å². The molecule has 0 spiro atoms. The van der Waals surface area contributed by atoms with Gasteiger partial charge in [0, 0.05) is 37.3 Å². The second-order valence-corrected chi connectivity index (χ2v) is 6.97. The van der Waals surface area contributed by atoms with Crippen LogP contribution in [0.5, 0.6) is 0 Å². The predicted molar refractivity (Wildman–Crippen MR) is 111 cm³/mol. The van der Waals surface area contributed by atoms with Crippen LogP contribution in [0.25, 0.3) is 21.9 Å². The fourth-order valence-electron chi connectivity index (χ4n) is 3.73. The van der Waals surface area contributed by atoms with Gasteiger partial charge in [-0.1, -0.05) is 24.3 Å². The molecule has 2 aromatic carbocycles. The Balaban J connectivity index is 1.69. The van der Waals surface area contributed by atoms with E-state index in [1.807, 2.05) is 61.6 Å². The molecule has 0 saturated heterocycles. The van der Waals surface area contributed by atoms with Crippen molar-refractivity contribution >= 4 is 39.5 Å². The van der Waals surface area contributed by atoms with Crippen LogP contribution in [0.15, 0.2) is 60.8 Å². The van der Waals surface area contributed by atoms with E-state index < -0.39 is 0 Å². The average Bonchev–Trinajstić information content (AvgIpc) is 2.90. The standard InChI is InChI=1S/C22H19N5O/c1-26-13-6-14-27(21-20(26)24-18-9-2-3-10-19(18)25-21)22(28)16-7-4-11-17-15(16)8-5-12-23-17/h2-5,7-12H,6,13-14H2,1H3. The summed E-state index contributed by atoms with van der Waals surface area (Å²) in [7, 11) is 2.00. The third-order valence-electron chi connectivity index (χ3n) is 5.15. The van der Waals surface area contributed by atoms with Crippen LogP contribution in [-0.2, 0) is 0 Å². The van der Waals surface area contributed by atoms with Crippen molar-refractivity contribution in [2.75, 3.05) is 29.9 Å². The zero-order valence-corrected chi connectivity index (χ0v) is 15.5. The Morgan fingerprint density at radius 2 is 1.61 bits per heavy atom. The number of hydrogen-bond donors (Lipinski definition) is 0. The van der Waals surface area contributed by atoms with E-state index in [1.54, 1.807) is 11.1 Å². The maximum Gasteiger partial charge on any atom is 0.260 e. The fourth-order valence-corrected chi connectivity index (χ4v) is 3.73. The molecule has 5 rings (SSSR count). The second-order valence-electron chi connectivity index (χ2n) is 6.97. The molecule has 138 valence electrons. The molecule has 0 N–H and O–H groups in total. The van der Waals surface area contributed by atoms with Gasteiger partial charge >= 0.3 is 0 Å². The molecule has 0 unspecified atom stereocenters. The summed E-state index contributed by atoms with van der Waals surface area (Å²) in [5.41, 5.74) is 3.06. The number of rotatable bonds is 1. The van der Waals surface area contributed by atoms with Gasteiger partial charge in [0.2, 0.25) is 0 Å². The second kappa shape index (κ2) is 6.56. The van der Waals surface area contributed by atoms with Crippen LogP contribution in [0.4, 0.5) is 11.6 Å². The fraction of sp³-hybridized carbons (Fsp3) is 0.182. The Kier molecular flexibility index (Phi) is 3.90. The highest BCUT2D eigenvalue weighted by molar-refractivity contribution is 6.14. The number of carbonyl (C=O) groups excluding carboxylic acids is 1. The summed E-state index contributed by atoms with van der Waals surface area (Å²) in [5.74, 6) is 1.28. The molecule has 1 aliphatic rings. The molecule has 1 amide bonds. The third kappa shape index (κ3) is 2.65. The number of pyridine rings is 1. The lowest BCUT2D eigenvalue weighted by Crippen LogP contribution is -2.32. The Bertz CT molecular complexity index is 1200. The number of aromatic nitrogens is 3. The first-order valence-corrected chi connectivity index (χ1v) is 9.36. The number of hydrogen-bond acceptors (Lipinski definition) is 5. The van der Waals surface area contributed by atoms with E-state index in [9.17, 15) is 4.79 Å². The summed E-state index contributed by atoms with van der Waals surface area (Å²) in [6, 6.07) is 17.2. The van der Waals surface area contributed by atoms with Gasteiger partial charge in [0.25, 0.3) is 5.91 Å². The summed E-state index contributed by atoms with van der Waals surface area (Å²) in [6.07, 6.45) is 2.59. The molecule has 0 bridgehead atoms. The van der Waals surface area contributed by atoms with Crippen LogP contribution in [-0.4, -0.2) is 41.0 Å². The number of carbonyl (C=O) groups is 1. The lowest BCUT2D eigenvalue weighted by Gasteiger charge is -2.23. The topological polar surface area (TPSA) is 62.2 Å². The molecule has 2 aromatic heterocycles. The molecule has 28 heavy (non-hydrogen) atoms. The highest BCUT2D eigenvalue weighted by Crippen LogP contribution is 2.32. The van der Waals surface area contributed by atoms with E-state index in [-0.39, 0.29) is 5.91 Å². The molecular weight excluding hydrogens is 350 g/mol. The van der Waals surface area contributed by atoms with Crippen molar-refractivity contribution in [2.45, 2.75) is 6.42 Å². The maximum atomic E-state index is 13.6. The number of nitrogens with zero attached hydrogens (tertiary/aromatic N) is 5. The number of fused-ring (bicyclic) bond motifs is 3. The Morgan fingerprint density at radius 3 is 2.43 bits per heavy atom. The first kappa shape index (κ1) is 16.6. The molecular formula is C22H19N5O. The largest absolute Gasteiger partial charge is 0.357 e. The first-order chi connectivity index (χ1) is 13.7. The van der Waals surface area contributed by atoms with Gasteiger partial charge in [-0.2, -0.15) is 0 Å². The summed E-state index contributed by atoms with van der Waals surface area (Å²) in [4.78, 5) is 31.4. The van der Waals surface area contributed by atoms with E-state index in [4.69, 9.17) is 9.97 Å². The SMILES string of the molecule is CN1CCCN(C(=O)c2cccc3ncccc23)c2nc3ccccc3nc21. The highest BCUT2D eigenvalue weighted by Gasteiger charge is 2.28. The van der Waals surface area contributed by atoms with Crippen molar-refractivity contribution in [3.8, 4) is 0 Å². The minimum Gasteiger partial charge on any atom is -0.357 e. The first-order valence-electron chi connectivity index (χ1n) is 9.36. The lowest BCUT2D eigenvalue weighted by molar-refractivity contribution is 0.0988. The maximum absolute atomic E-state index is 13.6. The molecule has 0 atom stereocenters. The molecule has 0 radical (unpaired) electrons. The summed E-state index contributed by atoms with van der Waals surface area (Å²) >= 11 is 0. The van der Waals surface area contributed by atoms with Crippen molar-refractivity contribution in [1.82, 2.24) is 15.0 Å². The van der Waals surface area contributed by atoms with E-state index >= 15 is 0 Å². The average molecular weight is 369 g/mol. The Hall–Kier alpha value is -3.54. The molecule has 3 heterocycles. The molecule has 6 heteroatoms. The number of benzene rings is 2. The molecule has 4 aromatic rings. The van der Waals surface area contributed by atoms with E-state index in [2.05, 4.69) is 9.88 Å². The van der Waals surface area contributed by atoms with Crippen molar-refractivity contribution in [3.05, 3.63) is 66.4 Å². The van der Waals surface area contributed by atoms with E-state index in [1.165, 1.54) is 0 Å². The number of anilines is 2. The van der Waals surface area contributed by atoms with Gasteiger partial charge in [0.05, 0.1) is 16.6 Å². The lowest BCUT2D eigenvalue weighted by atomic mass is 10.1. The summed E-state index contributed by atoms with van der Waals surface area (Å²) in [5, 5.41) is 0.850. The van der Waals surface area contributed by atoms with Crippen molar-refractivity contribution in [1.29, 1.82) is 0 Å². The number of para-hydroxylation sites is 2. The summed E-state index contributed by atoms with van der Waals surface area (Å²) in [6.45, 7) is 1.42. The Labute approximate surface area is 162 Å². The molecule has 0 aliphatic carbocycles. The van der Waals surface area contributed by atoms with Crippen molar-refractivity contribution in [2.24, 2.45) is 0 Å². The quantitative estimate of drug-likeness (QED) is 0.512. The van der Waals surface area contributed by atoms with Gasteiger partial charge in [0.15, 0.2) is 11.6 Å². The van der Waals surface area contributed by atoms with Crippen molar-refractivity contribution in [3.63, 3.8) is 0 Å². The Morgan fingerprint density at radius 1 is 0.857 bits per heavy atom. The monoisotopic (exact) mass is 369 g/mol. The van der Waals surface area contributed by atoms with Gasteiger partial charge in [-0.25, -0.2) is 9.97 Å².